The molecular formula is C26H27N5O3S. The second kappa shape index (κ2) is 9.77. The predicted molar refractivity (Wildman–Crippen MR) is 136 cm³/mol. The molecule has 4 aromatic rings. The number of anilines is 1. The second-order valence-corrected chi connectivity index (χ2v) is 9.84. The Kier molecular flexibility index (Phi) is 6.20. The molecule has 1 fully saturated rings. The minimum Gasteiger partial charge on any atom is -0.492 e. The van der Waals surface area contributed by atoms with Gasteiger partial charge in [0.05, 0.1) is 35.7 Å². The minimum atomic E-state index is 0.182. The third-order valence-electron chi connectivity index (χ3n) is 6.47. The van der Waals surface area contributed by atoms with Gasteiger partial charge >= 0.3 is 0 Å². The zero-order valence-electron chi connectivity index (χ0n) is 19.4. The van der Waals surface area contributed by atoms with Crippen LogP contribution in [0.2, 0.25) is 0 Å². The average Bonchev–Trinajstić information content (AvgIpc) is 3.33. The molecule has 1 atom stereocenters. The number of aromatic nitrogens is 3. The molecule has 2 aliphatic rings. The van der Waals surface area contributed by atoms with Crippen LogP contribution in [0.1, 0.15) is 16.5 Å². The van der Waals surface area contributed by atoms with E-state index in [1.165, 1.54) is 0 Å². The summed E-state index contributed by atoms with van der Waals surface area (Å²) in [5.41, 5.74) is 9.69. The first-order valence-electron chi connectivity index (χ1n) is 11.9. The van der Waals surface area contributed by atoms with Crippen LogP contribution in [0.5, 0.6) is 11.5 Å². The Hall–Kier alpha value is -3.27. The van der Waals surface area contributed by atoms with Crippen molar-refractivity contribution in [3.63, 3.8) is 0 Å². The highest BCUT2D eigenvalue weighted by atomic mass is 32.1. The first-order valence-corrected chi connectivity index (χ1v) is 12.7. The van der Waals surface area contributed by atoms with Gasteiger partial charge in [0.15, 0.2) is 0 Å². The number of nitrogens with zero attached hydrogens (tertiary/aromatic N) is 4. The van der Waals surface area contributed by atoms with Crippen molar-refractivity contribution in [3.05, 3.63) is 59.2 Å². The van der Waals surface area contributed by atoms with Crippen molar-refractivity contribution < 1.29 is 14.2 Å². The standard InChI is InChI=1S/C26H27N5O3S/c27-26-28-7-6-20(30-26)17-4-5-21-24(15-17)35-25(29-21)18-14-19-22(2-1-3-23(19)34-16-18)33-13-10-31-8-11-32-12-9-31/h1-7,15,18H,8-14,16H2,(H2,27,28,30). The molecule has 2 aromatic heterocycles. The first-order chi connectivity index (χ1) is 17.2. The van der Waals surface area contributed by atoms with E-state index < -0.39 is 0 Å². The van der Waals surface area contributed by atoms with Crippen molar-refractivity contribution in [1.82, 2.24) is 19.9 Å². The van der Waals surface area contributed by atoms with Crippen molar-refractivity contribution in [2.24, 2.45) is 0 Å². The molecule has 0 radical (unpaired) electrons. The third-order valence-corrected chi connectivity index (χ3v) is 7.65. The molecule has 2 aromatic carbocycles. The topological polar surface area (TPSA) is 95.6 Å². The molecule has 9 heteroatoms. The first kappa shape index (κ1) is 22.2. The number of ether oxygens (including phenoxy) is 3. The molecule has 35 heavy (non-hydrogen) atoms. The highest BCUT2D eigenvalue weighted by molar-refractivity contribution is 7.18. The molecule has 180 valence electrons. The Balaban J connectivity index is 1.19. The zero-order chi connectivity index (χ0) is 23.6. The van der Waals surface area contributed by atoms with Crippen LogP contribution >= 0.6 is 11.3 Å². The van der Waals surface area contributed by atoms with Gasteiger partial charge in [-0.25, -0.2) is 15.0 Å². The zero-order valence-corrected chi connectivity index (χ0v) is 20.2. The smallest absolute Gasteiger partial charge is 0.220 e. The van der Waals surface area contributed by atoms with Gasteiger partial charge in [-0.1, -0.05) is 12.1 Å². The van der Waals surface area contributed by atoms with Crippen LogP contribution in [0.4, 0.5) is 5.95 Å². The van der Waals surface area contributed by atoms with E-state index in [-0.39, 0.29) is 11.9 Å². The van der Waals surface area contributed by atoms with Crippen LogP contribution in [0.15, 0.2) is 48.7 Å². The molecule has 0 amide bonds. The minimum absolute atomic E-state index is 0.182. The summed E-state index contributed by atoms with van der Waals surface area (Å²) in [6.07, 6.45) is 2.52. The van der Waals surface area contributed by atoms with E-state index in [1.807, 2.05) is 36.4 Å². The maximum Gasteiger partial charge on any atom is 0.220 e. The van der Waals surface area contributed by atoms with Crippen LogP contribution < -0.4 is 15.2 Å². The lowest BCUT2D eigenvalue weighted by atomic mass is 9.96. The van der Waals surface area contributed by atoms with Gasteiger partial charge in [0.2, 0.25) is 5.95 Å². The summed E-state index contributed by atoms with van der Waals surface area (Å²) in [7, 11) is 0. The number of thiazole rings is 1. The Bertz CT molecular complexity index is 1340. The lowest BCUT2D eigenvalue weighted by Gasteiger charge is -2.28. The van der Waals surface area contributed by atoms with Gasteiger partial charge in [-0.3, -0.25) is 4.90 Å². The lowest BCUT2D eigenvalue weighted by molar-refractivity contribution is 0.0321. The molecule has 8 nitrogen and oxygen atoms in total. The van der Waals surface area contributed by atoms with E-state index in [1.54, 1.807) is 17.5 Å². The average molecular weight is 490 g/mol. The Morgan fingerprint density at radius 3 is 2.91 bits per heavy atom. The fourth-order valence-corrected chi connectivity index (χ4v) is 5.68. The monoisotopic (exact) mass is 489 g/mol. The molecule has 1 saturated heterocycles. The summed E-state index contributed by atoms with van der Waals surface area (Å²) in [6.45, 7) is 5.68. The summed E-state index contributed by atoms with van der Waals surface area (Å²) >= 11 is 1.71. The molecular weight excluding hydrogens is 462 g/mol. The maximum atomic E-state index is 6.22. The number of morpholine rings is 1. The van der Waals surface area contributed by atoms with E-state index >= 15 is 0 Å². The van der Waals surface area contributed by atoms with Crippen molar-refractivity contribution in [1.29, 1.82) is 0 Å². The summed E-state index contributed by atoms with van der Waals surface area (Å²) in [5.74, 6) is 2.27. The Morgan fingerprint density at radius 2 is 2.03 bits per heavy atom. The van der Waals surface area contributed by atoms with Gasteiger partial charge in [-0.05, 0) is 36.8 Å². The third kappa shape index (κ3) is 4.80. The molecule has 6 rings (SSSR count). The Labute approximate surface area is 207 Å². The molecule has 2 N–H and O–H groups in total. The fraction of sp³-hybridized carbons (Fsp3) is 0.346. The quantitative estimate of drug-likeness (QED) is 0.437. The molecule has 1 unspecified atom stereocenters. The van der Waals surface area contributed by atoms with Gasteiger partial charge < -0.3 is 19.9 Å². The van der Waals surface area contributed by atoms with Crippen LogP contribution in [-0.4, -0.2) is 65.9 Å². The lowest BCUT2D eigenvalue weighted by Crippen LogP contribution is -2.38. The van der Waals surface area contributed by atoms with Gasteiger partial charge in [-0.15, -0.1) is 11.3 Å². The van der Waals surface area contributed by atoms with Crippen LogP contribution in [-0.2, 0) is 11.2 Å². The highest BCUT2D eigenvalue weighted by Gasteiger charge is 2.27. The van der Waals surface area contributed by atoms with Crippen LogP contribution in [0.25, 0.3) is 21.5 Å². The van der Waals surface area contributed by atoms with Crippen molar-refractivity contribution in [2.45, 2.75) is 12.3 Å². The summed E-state index contributed by atoms with van der Waals surface area (Å²) in [5, 5.41) is 1.08. The van der Waals surface area contributed by atoms with Gasteiger partial charge in [-0.2, -0.15) is 0 Å². The van der Waals surface area contributed by atoms with Gasteiger partial charge in [0.1, 0.15) is 23.1 Å². The van der Waals surface area contributed by atoms with E-state index in [2.05, 4.69) is 20.9 Å². The number of hydrogen-bond donors (Lipinski definition) is 1. The second-order valence-electron chi connectivity index (χ2n) is 8.78. The van der Waals surface area contributed by atoms with Crippen molar-refractivity contribution in [3.8, 4) is 22.8 Å². The summed E-state index contributed by atoms with van der Waals surface area (Å²) in [4.78, 5) is 15.6. The van der Waals surface area contributed by atoms with Crippen LogP contribution in [0, 0.1) is 0 Å². The van der Waals surface area contributed by atoms with Crippen LogP contribution in [0.3, 0.4) is 0 Å². The maximum absolute atomic E-state index is 6.22. The van der Waals surface area contributed by atoms with Crippen molar-refractivity contribution in [2.75, 3.05) is 51.8 Å². The molecule has 0 saturated carbocycles. The molecule has 0 aliphatic carbocycles. The molecule has 0 spiro atoms. The number of nitrogen functional groups attached to an aromatic ring is 1. The molecule has 4 heterocycles. The van der Waals surface area contributed by atoms with E-state index in [9.17, 15) is 0 Å². The van der Waals surface area contributed by atoms with E-state index in [0.29, 0.717) is 13.2 Å². The number of hydrogen-bond acceptors (Lipinski definition) is 9. The Morgan fingerprint density at radius 1 is 1.11 bits per heavy atom. The molecule has 2 aliphatic heterocycles. The van der Waals surface area contributed by atoms with Gasteiger partial charge in [0.25, 0.3) is 0 Å². The SMILES string of the molecule is Nc1nccc(-c2ccc3nc(C4COc5cccc(OCCN6CCOCC6)c5C4)sc3c2)n1. The molecule has 0 bridgehead atoms. The van der Waals surface area contributed by atoms with Crippen molar-refractivity contribution >= 4 is 27.5 Å². The number of nitrogens with two attached hydrogens (primary N) is 1. The normalized spacial score (nSPS) is 18.2. The van der Waals surface area contributed by atoms with E-state index in [0.717, 1.165) is 82.8 Å². The number of benzene rings is 2. The highest BCUT2D eigenvalue weighted by Crippen LogP contribution is 2.40. The summed E-state index contributed by atoms with van der Waals surface area (Å²) in [6, 6.07) is 14.1. The van der Waals surface area contributed by atoms with E-state index in [4.69, 9.17) is 24.9 Å². The van der Waals surface area contributed by atoms with Gasteiger partial charge in [0, 0.05) is 42.9 Å². The number of fused-ring (bicyclic) bond motifs is 2. The largest absolute Gasteiger partial charge is 0.492 e. The summed E-state index contributed by atoms with van der Waals surface area (Å²) < 4.78 is 18.9. The number of rotatable bonds is 6. The fourth-order valence-electron chi connectivity index (χ4n) is 4.59. The predicted octanol–water partition coefficient (Wildman–Crippen LogP) is 3.77.